The van der Waals surface area contributed by atoms with Crippen molar-refractivity contribution in [1.82, 2.24) is 24.0 Å². The Morgan fingerprint density at radius 2 is 1.73 bits per heavy atom. The molecule has 0 aliphatic carbocycles. The molecular formula is C25H30FN5O2. The van der Waals surface area contributed by atoms with Crippen LogP contribution >= 0.6 is 0 Å². The number of amides is 1. The third kappa shape index (κ3) is 4.71. The van der Waals surface area contributed by atoms with Gasteiger partial charge in [-0.15, -0.1) is 0 Å². The maximum Gasteiger partial charge on any atom is 0.276 e. The summed E-state index contributed by atoms with van der Waals surface area (Å²) in [6.45, 7) is 4.34. The Hall–Kier alpha value is -3.00. The molecule has 4 heterocycles. The normalized spacial score (nSPS) is 18.2. The second-order valence-electron chi connectivity index (χ2n) is 9.12. The summed E-state index contributed by atoms with van der Waals surface area (Å²) >= 11 is 0. The van der Waals surface area contributed by atoms with Gasteiger partial charge in [0.05, 0.1) is 5.69 Å². The number of carbonyl (C=O) groups is 1. The van der Waals surface area contributed by atoms with Gasteiger partial charge in [-0.25, -0.2) is 8.91 Å². The standard InChI is InChI=1S/C25H30FN5O2/c26-20-6-4-19(5-7-20)22-18-23-25(33)30(16-17-31(23)27-22)15-10-24(32)29-13-8-21(9-14-29)28-11-2-1-3-12-28/h4-7,16-18,21H,1-3,8-15H2. The molecule has 2 saturated heterocycles. The zero-order valence-electron chi connectivity index (χ0n) is 18.8. The van der Waals surface area contributed by atoms with Gasteiger partial charge in [-0.05, 0) is 69.1 Å². The summed E-state index contributed by atoms with van der Waals surface area (Å²) < 4.78 is 16.3. The van der Waals surface area contributed by atoms with E-state index in [1.54, 1.807) is 35.2 Å². The van der Waals surface area contributed by atoms with Gasteiger partial charge in [0.1, 0.15) is 11.3 Å². The third-order valence-electron chi connectivity index (χ3n) is 7.03. The van der Waals surface area contributed by atoms with E-state index in [1.165, 1.54) is 49.0 Å². The number of hydrogen-bond acceptors (Lipinski definition) is 4. The van der Waals surface area contributed by atoms with Gasteiger partial charge in [0.2, 0.25) is 5.91 Å². The van der Waals surface area contributed by atoms with Crippen molar-refractivity contribution in [3.63, 3.8) is 0 Å². The molecule has 3 aromatic rings. The maximum atomic E-state index is 13.2. The van der Waals surface area contributed by atoms with Crippen molar-refractivity contribution in [2.45, 2.75) is 51.1 Å². The maximum absolute atomic E-state index is 13.2. The first-order valence-electron chi connectivity index (χ1n) is 11.9. The Bertz CT molecular complexity index is 1170. The van der Waals surface area contributed by atoms with E-state index in [-0.39, 0.29) is 17.3 Å². The van der Waals surface area contributed by atoms with E-state index >= 15 is 0 Å². The molecule has 0 N–H and O–H groups in total. The largest absolute Gasteiger partial charge is 0.343 e. The highest BCUT2D eigenvalue weighted by atomic mass is 19.1. The fraction of sp³-hybridized carbons (Fsp3) is 0.480. The van der Waals surface area contributed by atoms with Gasteiger partial charge in [0, 0.05) is 50.1 Å². The molecule has 0 spiro atoms. The lowest BCUT2D eigenvalue weighted by molar-refractivity contribution is -0.133. The van der Waals surface area contributed by atoms with Gasteiger partial charge >= 0.3 is 0 Å². The molecule has 2 aliphatic rings. The number of likely N-dealkylation sites (tertiary alicyclic amines) is 2. The molecule has 174 valence electrons. The third-order valence-corrected chi connectivity index (χ3v) is 7.03. The van der Waals surface area contributed by atoms with Crippen molar-refractivity contribution < 1.29 is 9.18 Å². The van der Waals surface area contributed by atoms with E-state index < -0.39 is 0 Å². The number of aromatic nitrogens is 3. The number of benzene rings is 1. The fourth-order valence-electron chi connectivity index (χ4n) is 5.10. The van der Waals surface area contributed by atoms with Crippen LogP contribution in [0.2, 0.25) is 0 Å². The van der Waals surface area contributed by atoms with Gasteiger partial charge in [0.25, 0.3) is 5.56 Å². The Morgan fingerprint density at radius 3 is 2.45 bits per heavy atom. The molecule has 7 nitrogen and oxygen atoms in total. The second kappa shape index (κ2) is 9.47. The number of halogens is 1. The first-order valence-corrected chi connectivity index (χ1v) is 11.9. The average molecular weight is 452 g/mol. The molecule has 33 heavy (non-hydrogen) atoms. The van der Waals surface area contributed by atoms with E-state index in [0.717, 1.165) is 31.5 Å². The number of nitrogens with zero attached hydrogens (tertiary/aromatic N) is 5. The topological polar surface area (TPSA) is 62.9 Å². The van der Waals surface area contributed by atoms with Crippen LogP contribution in [-0.4, -0.2) is 62.1 Å². The molecule has 1 aromatic carbocycles. The van der Waals surface area contributed by atoms with E-state index in [0.29, 0.717) is 30.2 Å². The predicted octanol–water partition coefficient (Wildman–Crippen LogP) is 3.17. The van der Waals surface area contributed by atoms with Gasteiger partial charge in [-0.3, -0.25) is 9.59 Å². The molecule has 0 atom stereocenters. The second-order valence-corrected chi connectivity index (χ2v) is 9.12. The SMILES string of the molecule is O=C(CCn1ccn2nc(-c3ccc(F)cc3)cc2c1=O)N1CCC(N2CCCCC2)CC1. The Morgan fingerprint density at radius 1 is 1.00 bits per heavy atom. The first-order chi connectivity index (χ1) is 16.1. The van der Waals surface area contributed by atoms with Crippen LogP contribution in [0.5, 0.6) is 0 Å². The van der Waals surface area contributed by atoms with Gasteiger partial charge < -0.3 is 14.4 Å². The molecule has 2 aliphatic heterocycles. The Kier molecular flexibility index (Phi) is 6.26. The van der Waals surface area contributed by atoms with Crippen LogP contribution in [0.4, 0.5) is 4.39 Å². The molecule has 8 heteroatoms. The predicted molar refractivity (Wildman–Crippen MR) is 124 cm³/mol. The van der Waals surface area contributed by atoms with Crippen LogP contribution < -0.4 is 5.56 Å². The first kappa shape index (κ1) is 21.8. The van der Waals surface area contributed by atoms with Crippen LogP contribution in [-0.2, 0) is 11.3 Å². The van der Waals surface area contributed by atoms with Gasteiger partial charge in [-0.2, -0.15) is 5.10 Å². The van der Waals surface area contributed by atoms with Gasteiger partial charge in [0.15, 0.2) is 0 Å². The van der Waals surface area contributed by atoms with Crippen LogP contribution in [0, 0.1) is 5.82 Å². The van der Waals surface area contributed by atoms with Crippen LogP contribution in [0.1, 0.15) is 38.5 Å². The average Bonchev–Trinajstić information content (AvgIpc) is 3.30. The molecule has 0 bridgehead atoms. The number of carbonyl (C=O) groups excluding carboxylic acids is 1. The molecular weight excluding hydrogens is 421 g/mol. The zero-order chi connectivity index (χ0) is 22.8. The molecule has 1 amide bonds. The number of piperidine rings is 2. The summed E-state index contributed by atoms with van der Waals surface area (Å²) in [5.41, 5.74) is 1.60. The molecule has 0 radical (unpaired) electrons. The highest BCUT2D eigenvalue weighted by molar-refractivity contribution is 5.76. The lowest BCUT2D eigenvalue weighted by Crippen LogP contribution is -2.48. The van der Waals surface area contributed by atoms with E-state index in [1.807, 2.05) is 4.90 Å². The van der Waals surface area contributed by atoms with Crippen molar-refractivity contribution in [2.75, 3.05) is 26.2 Å². The van der Waals surface area contributed by atoms with Crippen molar-refractivity contribution in [3.05, 3.63) is 58.9 Å². The molecule has 2 aromatic heterocycles. The Balaban J connectivity index is 1.20. The highest BCUT2D eigenvalue weighted by Gasteiger charge is 2.27. The minimum Gasteiger partial charge on any atom is -0.343 e. The summed E-state index contributed by atoms with van der Waals surface area (Å²) in [4.78, 5) is 30.3. The number of aryl methyl sites for hydroxylation is 1. The van der Waals surface area contributed by atoms with E-state index in [9.17, 15) is 14.0 Å². The summed E-state index contributed by atoms with van der Waals surface area (Å²) in [7, 11) is 0. The summed E-state index contributed by atoms with van der Waals surface area (Å²) in [6.07, 6.45) is 9.71. The van der Waals surface area contributed by atoms with Crippen LogP contribution in [0.15, 0.2) is 47.5 Å². The lowest BCUT2D eigenvalue weighted by atomic mass is 10.00. The number of rotatable bonds is 5. The molecule has 0 saturated carbocycles. The summed E-state index contributed by atoms with van der Waals surface area (Å²) in [5, 5.41) is 4.43. The zero-order valence-corrected chi connectivity index (χ0v) is 18.8. The smallest absolute Gasteiger partial charge is 0.276 e. The van der Waals surface area contributed by atoms with E-state index in [4.69, 9.17) is 0 Å². The van der Waals surface area contributed by atoms with Crippen LogP contribution in [0.3, 0.4) is 0 Å². The minimum atomic E-state index is -0.315. The molecule has 2 fully saturated rings. The van der Waals surface area contributed by atoms with E-state index in [2.05, 4.69) is 10.00 Å². The monoisotopic (exact) mass is 451 g/mol. The highest BCUT2D eigenvalue weighted by Crippen LogP contribution is 2.22. The summed E-state index contributed by atoms with van der Waals surface area (Å²) in [5.74, 6) is -0.204. The van der Waals surface area contributed by atoms with Crippen molar-refractivity contribution in [2.24, 2.45) is 0 Å². The summed E-state index contributed by atoms with van der Waals surface area (Å²) in [6, 6.07) is 8.35. The fourth-order valence-corrected chi connectivity index (χ4v) is 5.10. The lowest BCUT2D eigenvalue weighted by Gasteiger charge is -2.40. The molecule has 0 unspecified atom stereocenters. The van der Waals surface area contributed by atoms with Gasteiger partial charge in [-0.1, -0.05) is 6.42 Å². The van der Waals surface area contributed by atoms with Crippen molar-refractivity contribution >= 4 is 11.4 Å². The minimum absolute atomic E-state index is 0.111. The Labute approximate surface area is 192 Å². The number of hydrogen-bond donors (Lipinski definition) is 0. The number of fused-ring (bicyclic) bond motifs is 1. The van der Waals surface area contributed by atoms with Crippen LogP contribution in [0.25, 0.3) is 16.8 Å². The quantitative estimate of drug-likeness (QED) is 0.598. The van der Waals surface area contributed by atoms with Crippen molar-refractivity contribution in [3.8, 4) is 11.3 Å². The van der Waals surface area contributed by atoms with Crippen molar-refractivity contribution in [1.29, 1.82) is 0 Å². The molecule has 5 rings (SSSR count).